The first-order chi connectivity index (χ1) is 9.95. The largest absolute Gasteiger partial charge is 0.506 e. The number of piperazine rings is 1. The number of amides is 1. The summed E-state index contributed by atoms with van der Waals surface area (Å²) in [6.07, 6.45) is 1.60. The lowest BCUT2D eigenvalue weighted by atomic mass is 9.95. The van der Waals surface area contributed by atoms with Crippen LogP contribution in [-0.4, -0.2) is 47.6 Å². The summed E-state index contributed by atoms with van der Waals surface area (Å²) in [5, 5.41) is 9.89. The molecule has 116 valence electrons. The highest BCUT2D eigenvalue weighted by atomic mass is 16.3. The van der Waals surface area contributed by atoms with E-state index in [1.807, 2.05) is 36.9 Å². The van der Waals surface area contributed by atoms with Gasteiger partial charge in [0.25, 0.3) is 0 Å². The highest BCUT2D eigenvalue weighted by molar-refractivity contribution is 5.86. The van der Waals surface area contributed by atoms with Crippen molar-refractivity contribution in [2.24, 2.45) is 5.73 Å². The fourth-order valence-corrected chi connectivity index (χ4v) is 2.87. The molecule has 1 aromatic rings. The number of carbonyl (C=O) groups excluding carboxylic acids is 1. The quantitative estimate of drug-likeness (QED) is 0.883. The number of anilines is 1. The summed E-state index contributed by atoms with van der Waals surface area (Å²) in [5.74, 6) is 0.313. The number of aromatic hydroxyl groups is 1. The van der Waals surface area contributed by atoms with Crippen LogP contribution in [0.2, 0.25) is 0 Å². The van der Waals surface area contributed by atoms with E-state index in [4.69, 9.17) is 5.73 Å². The number of hydrogen-bond donors (Lipinski definition) is 2. The Hall–Kier alpha value is -1.75. The van der Waals surface area contributed by atoms with Crippen molar-refractivity contribution in [3.05, 3.63) is 24.3 Å². The van der Waals surface area contributed by atoms with Crippen molar-refractivity contribution in [3.8, 4) is 5.75 Å². The van der Waals surface area contributed by atoms with Crippen LogP contribution in [0.5, 0.6) is 5.75 Å². The number of phenolic OH excluding ortho intramolecular Hbond substituents is 1. The molecule has 0 spiro atoms. The van der Waals surface area contributed by atoms with E-state index in [9.17, 15) is 9.90 Å². The first kappa shape index (κ1) is 15.6. The van der Waals surface area contributed by atoms with Crippen LogP contribution in [0.1, 0.15) is 26.7 Å². The molecule has 0 radical (unpaired) electrons. The van der Waals surface area contributed by atoms with Crippen molar-refractivity contribution >= 4 is 11.6 Å². The fraction of sp³-hybridized carbons (Fsp3) is 0.562. The molecule has 1 heterocycles. The van der Waals surface area contributed by atoms with Crippen LogP contribution >= 0.6 is 0 Å². The van der Waals surface area contributed by atoms with E-state index >= 15 is 0 Å². The van der Waals surface area contributed by atoms with Crippen LogP contribution in [0, 0.1) is 0 Å². The summed E-state index contributed by atoms with van der Waals surface area (Å²) in [7, 11) is 0. The van der Waals surface area contributed by atoms with E-state index in [0.717, 1.165) is 12.1 Å². The number of rotatable bonds is 4. The highest BCUT2D eigenvalue weighted by Gasteiger charge is 2.33. The Kier molecular flexibility index (Phi) is 4.73. The van der Waals surface area contributed by atoms with E-state index < -0.39 is 5.54 Å². The van der Waals surface area contributed by atoms with Gasteiger partial charge in [0.1, 0.15) is 5.75 Å². The monoisotopic (exact) mass is 291 g/mol. The summed E-state index contributed by atoms with van der Waals surface area (Å²) in [5.41, 5.74) is 6.18. The lowest BCUT2D eigenvalue weighted by molar-refractivity contribution is -0.137. The minimum absolute atomic E-state index is 0.0290. The Morgan fingerprint density at radius 2 is 1.90 bits per heavy atom. The molecule has 1 amide bonds. The normalized spacial score (nSPS) is 18.4. The summed E-state index contributed by atoms with van der Waals surface area (Å²) in [6, 6.07) is 7.30. The Morgan fingerprint density at radius 1 is 1.29 bits per heavy atom. The average Bonchev–Trinajstić information content (AvgIpc) is 2.47. The molecule has 1 fully saturated rings. The Morgan fingerprint density at radius 3 is 2.48 bits per heavy atom. The highest BCUT2D eigenvalue weighted by Crippen LogP contribution is 2.27. The topological polar surface area (TPSA) is 69.8 Å². The molecule has 0 saturated carbocycles. The van der Waals surface area contributed by atoms with Gasteiger partial charge in [-0.15, -0.1) is 0 Å². The number of carbonyl (C=O) groups is 1. The Balaban J connectivity index is 1.98. The van der Waals surface area contributed by atoms with Gasteiger partial charge in [0.05, 0.1) is 11.2 Å². The van der Waals surface area contributed by atoms with E-state index in [-0.39, 0.29) is 11.7 Å². The van der Waals surface area contributed by atoms with Gasteiger partial charge < -0.3 is 20.6 Å². The molecule has 1 aromatic carbocycles. The minimum atomic E-state index is -0.772. The molecule has 5 heteroatoms. The SMILES string of the molecule is CCCC(C)(N)C(=O)N1CCN(c2ccccc2O)CC1. The average molecular weight is 291 g/mol. The number of hydrogen-bond acceptors (Lipinski definition) is 4. The van der Waals surface area contributed by atoms with E-state index in [1.165, 1.54) is 0 Å². The van der Waals surface area contributed by atoms with Crippen molar-refractivity contribution in [3.63, 3.8) is 0 Å². The molecule has 1 unspecified atom stereocenters. The van der Waals surface area contributed by atoms with E-state index in [1.54, 1.807) is 6.07 Å². The molecule has 5 nitrogen and oxygen atoms in total. The third kappa shape index (κ3) is 3.47. The molecular weight excluding hydrogens is 266 g/mol. The fourth-order valence-electron chi connectivity index (χ4n) is 2.87. The van der Waals surface area contributed by atoms with Crippen LogP contribution < -0.4 is 10.6 Å². The minimum Gasteiger partial charge on any atom is -0.506 e. The van der Waals surface area contributed by atoms with Gasteiger partial charge in [-0.3, -0.25) is 4.79 Å². The zero-order chi connectivity index (χ0) is 15.5. The van der Waals surface area contributed by atoms with Crippen molar-refractivity contribution < 1.29 is 9.90 Å². The second-order valence-electron chi connectivity index (χ2n) is 5.94. The molecule has 21 heavy (non-hydrogen) atoms. The second kappa shape index (κ2) is 6.35. The zero-order valence-electron chi connectivity index (χ0n) is 12.9. The number of nitrogens with two attached hydrogens (primary N) is 1. The molecule has 0 bridgehead atoms. The second-order valence-corrected chi connectivity index (χ2v) is 5.94. The Labute approximate surface area is 126 Å². The molecule has 2 rings (SSSR count). The third-order valence-corrected chi connectivity index (χ3v) is 4.05. The van der Waals surface area contributed by atoms with Gasteiger partial charge >= 0.3 is 0 Å². The molecule has 0 aliphatic carbocycles. The summed E-state index contributed by atoms with van der Waals surface area (Å²) >= 11 is 0. The molecule has 1 aliphatic rings. The van der Waals surface area contributed by atoms with Crippen LogP contribution in [0.15, 0.2) is 24.3 Å². The summed E-state index contributed by atoms with van der Waals surface area (Å²) in [4.78, 5) is 16.4. The van der Waals surface area contributed by atoms with Crippen LogP contribution in [-0.2, 0) is 4.79 Å². The van der Waals surface area contributed by atoms with Gasteiger partial charge in [0, 0.05) is 26.2 Å². The molecule has 1 atom stereocenters. The van der Waals surface area contributed by atoms with Gasteiger partial charge in [0.15, 0.2) is 0 Å². The maximum atomic E-state index is 12.5. The van der Waals surface area contributed by atoms with Crippen molar-refractivity contribution in [2.75, 3.05) is 31.1 Å². The lowest BCUT2D eigenvalue weighted by Gasteiger charge is -2.39. The standard InChI is InChI=1S/C16H25N3O2/c1-3-8-16(2,17)15(21)19-11-9-18(10-12-19)13-6-4-5-7-14(13)20/h4-7,20H,3,8-12,17H2,1-2H3. The van der Waals surface area contributed by atoms with Crippen molar-refractivity contribution in [1.82, 2.24) is 4.90 Å². The smallest absolute Gasteiger partial charge is 0.242 e. The maximum Gasteiger partial charge on any atom is 0.242 e. The summed E-state index contributed by atoms with van der Waals surface area (Å²) < 4.78 is 0. The van der Waals surface area contributed by atoms with Crippen molar-refractivity contribution in [2.45, 2.75) is 32.2 Å². The van der Waals surface area contributed by atoms with Crippen LogP contribution in [0.4, 0.5) is 5.69 Å². The lowest BCUT2D eigenvalue weighted by Crippen LogP contribution is -2.58. The van der Waals surface area contributed by atoms with Crippen LogP contribution in [0.3, 0.4) is 0 Å². The number of nitrogens with zero attached hydrogens (tertiary/aromatic N) is 2. The summed E-state index contributed by atoms with van der Waals surface area (Å²) in [6.45, 7) is 6.56. The first-order valence-corrected chi connectivity index (χ1v) is 7.57. The maximum absolute atomic E-state index is 12.5. The van der Waals surface area contributed by atoms with Gasteiger partial charge in [-0.25, -0.2) is 0 Å². The number of benzene rings is 1. The van der Waals surface area contributed by atoms with Crippen molar-refractivity contribution in [1.29, 1.82) is 0 Å². The van der Waals surface area contributed by atoms with Gasteiger partial charge in [-0.05, 0) is 25.5 Å². The molecule has 1 saturated heterocycles. The van der Waals surface area contributed by atoms with E-state index in [0.29, 0.717) is 32.6 Å². The predicted octanol–water partition coefficient (Wildman–Crippen LogP) is 1.56. The first-order valence-electron chi connectivity index (χ1n) is 7.57. The van der Waals surface area contributed by atoms with Gasteiger partial charge in [-0.1, -0.05) is 25.5 Å². The van der Waals surface area contributed by atoms with Gasteiger partial charge in [0.2, 0.25) is 5.91 Å². The van der Waals surface area contributed by atoms with Gasteiger partial charge in [-0.2, -0.15) is 0 Å². The van der Waals surface area contributed by atoms with Crippen LogP contribution in [0.25, 0.3) is 0 Å². The predicted molar refractivity (Wildman–Crippen MR) is 84.4 cm³/mol. The number of phenols is 1. The molecule has 0 aromatic heterocycles. The molecule has 1 aliphatic heterocycles. The number of para-hydroxylation sites is 2. The Bertz CT molecular complexity index is 494. The zero-order valence-corrected chi connectivity index (χ0v) is 12.9. The van der Waals surface area contributed by atoms with E-state index in [2.05, 4.69) is 4.90 Å². The molecular formula is C16H25N3O2. The third-order valence-electron chi connectivity index (χ3n) is 4.05. The molecule has 3 N–H and O–H groups in total.